The van der Waals surface area contributed by atoms with E-state index in [-0.39, 0.29) is 35.9 Å². The highest BCUT2D eigenvalue weighted by Crippen LogP contribution is 2.34. The van der Waals surface area contributed by atoms with E-state index in [4.69, 9.17) is 5.73 Å². The third kappa shape index (κ3) is 3.14. The zero-order valence-corrected chi connectivity index (χ0v) is 17.2. The molecule has 4 atom stereocenters. The first-order chi connectivity index (χ1) is 14.2. The minimum Gasteiger partial charge on any atom is -0.326 e. The number of sulfone groups is 1. The number of carbonyl (C=O) groups is 3. The van der Waals surface area contributed by atoms with Crippen LogP contribution in [0.15, 0.2) is 18.2 Å². The molecule has 4 aliphatic heterocycles. The molecular weight excluding hydrogens is 408 g/mol. The fourth-order valence-corrected chi connectivity index (χ4v) is 7.56. The van der Waals surface area contributed by atoms with Gasteiger partial charge in [0.2, 0.25) is 11.8 Å². The Morgan fingerprint density at radius 2 is 1.97 bits per heavy atom. The number of nitrogens with two attached hydrogens (primary N) is 1. The van der Waals surface area contributed by atoms with Crippen molar-refractivity contribution in [2.75, 3.05) is 18.8 Å². The van der Waals surface area contributed by atoms with Gasteiger partial charge in [-0.3, -0.25) is 24.6 Å². The van der Waals surface area contributed by atoms with Crippen LogP contribution in [0.25, 0.3) is 0 Å². The summed E-state index contributed by atoms with van der Waals surface area (Å²) in [5.41, 5.74) is 8.40. The van der Waals surface area contributed by atoms with Crippen LogP contribution in [0, 0.1) is 5.92 Å². The lowest BCUT2D eigenvalue weighted by Gasteiger charge is -2.29. The molecule has 3 N–H and O–H groups in total. The largest absolute Gasteiger partial charge is 0.326 e. The van der Waals surface area contributed by atoms with Crippen molar-refractivity contribution in [2.24, 2.45) is 11.7 Å². The summed E-state index contributed by atoms with van der Waals surface area (Å²) in [7, 11) is -3.13. The maximum Gasteiger partial charge on any atom is 0.255 e. The predicted octanol–water partition coefficient (Wildman–Crippen LogP) is -0.996. The Kier molecular flexibility index (Phi) is 4.49. The standard InChI is InChI=1S/C20H24N4O5S/c21-15-10-30(28,29)17-9-23(8-14(15)17)6-11-1-2-12-7-24(20(27)13(12)5-11)16-3-4-18(25)22-19(16)26/h1-2,5,14-17H,3-4,6-10,21H2,(H,22,25,26)/t14-,15+,16?,17-/m0/s1. The first-order valence-electron chi connectivity index (χ1n) is 10.2. The molecule has 9 nitrogen and oxygen atoms in total. The molecule has 0 spiro atoms. The Morgan fingerprint density at radius 3 is 2.70 bits per heavy atom. The second kappa shape index (κ2) is 6.86. The van der Waals surface area contributed by atoms with E-state index in [1.807, 2.05) is 18.2 Å². The predicted molar refractivity (Wildman–Crippen MR) is 107 cm³/mol. The van der Waals surface area contributed by atoms with Gasteiger partial charge in [0.1, 0.15) is 6.04 Å². The Morgan fingerprint density at radius 1 is 1.17 bits per heavy atom. The SMILES string of the molecule is N[C@@H]1CS(=O)(=O)[C@H]2CN(Cc3ccc4c(c3)C(=O)N(C3CCC(=O)NC3=O)C4)C[C@@H]12. The number of imide groups is 1. The molecule has 3 saturated heterocycles. The smallest absolute Gasteiger partial charge is 0.255 e. The number of nitrogens with zero attached hydrogens (tertiary/aromatic N) is 2. The molecule has 4 heterocycles. The number of rotatable bonds is 3. The molecule has 0 bridgehead atoms. The van der Waals surface area contributed by atoms with Gasteiger partial charge >= 0.3 is 0 Å². The third-order valence-corrected chi connectivity index (χ3v) is 9.09. The first-order valence-corrected chi connectivity index (χ1v) is 11.9. The van der Waals surface area contributed by atoms with Crippen LogP contribution >= 0.6 is 0 Å². The van der Waals surface area contributed by atoms with Crippen LogP contribution < -0.4 is 11.1 Å². The number of nitrogens with one attached hydrogen (secondary N) is 1. The van der Waals surface area contributed by atoms with Gasteiger partial charge in [0.15, 0.2) is 9.84 Å². The molecule has 1 aromatic rings. The summed E-state index contributed by atoms with van der Waals surface area (Å²) in [6, 6.07) is 4.74. The van der Waals surface area contributed by atoms with Crippen molar-refractivity contribution in [1.29, 1.82) is 0 Å². The average molecular weight is 433 g/mol. The van der Waals surface area contributed by atoms with Crippen molar-refractivity contribution in [3.63, 3.8) is 0 Å². The van der Waals surface area contributed by atoms with Gasteiger partial charge in [-0.1, -0.05) is 12.1 Å². The van der Waals surface area contributed by atoms with E-state index >= 15 is 0 Å². The molecule has 0 aromatic heterocycles. The van der Waals surface area contributed by atoms with Gasteiger partial charge < -0.3 is 10.6 Å². The lowest BCUT2D eigenvalue weighted by molar-refractivity contribution is -0.136. The van der Waals surface area contributed by atoms with Gasteiger partial charge in [0.25, 0.3) is 5.91 Å². The maximum absolute atomic E-state index is 13.0. The second-order valence-corrected chi connectivity index (χ2v) is 11.0. The van der Waals surface area contributed by atoms with Crippen LogP contribution in [0.1, 0.15) is 34.3 Å². The van der Waals surface area contributed by atoms with Crippen molar-refractivity contribution in [2.45, 2.75) is 43.3 Å². The maximum atomic E-state index is 13.0. The number of hydrogen-bond donors (Lipinski definition) is 2. The first kappa shape index (κ1) is 19.7. The van der Waals surface area contributed by atoms with Gasteiger partial charge in [-0.15, -0.1) is 0 Å². The summed E-state index contributed by atoms with van der Waals surface area (Å²) in [6.07, 6.45) is 0.562. The Labute approximate surface area is 174 Å². The Bertz CT molecular complexity index is 1060. The van der Waals surface area contributed by atoms with Gasteiger partial charge in [0, 0.05) is 50.1 Å². The zero-order chi connectivity index (χ0) is 21.2. The minimum atomic E-state index is -3.13. The zero-order valence-electron chi connectivity index (χ0n) is 16.4. The number of piperidine rings is 1. The van der Waals surface area contributed by atoms with Crippen molar-refractivity contribution in [1.82, 2.24) is 15.1 Å². The number of likely N-dealkylation sites (tertiary alicyclic amines) is 1. The fourth-order valence-electron chi connectivity index (χ4n) is 5.27. The Balaban J connectivity index is 1.30. The van der Waals surface area contributed by atoms with Crippen LogP contribution in [0.3, 0.4) is 0 Å². The molecule has 160 valence electrons. The third-order valence-electron chi connectivity index (χ3n) is 6.82. The van der Waals surface area contributed by atoms with E-state index in [0.717, 1.165) is 11.1 Å². The van der Waals surface area contributed by atoms with Crippen LogP contribution in [0.5, 0.6) is 0 Å². The lowest BCUT2D eigenvalue weighted by Crippen LogP contribution is -2.52. The number of benzene rings is 1. The van der Waals surface area contributed by atoms with Crippen molar-refractivity contribution in [3.8, 4) is 0 Å². The second-order valence-electron chi connectivity index (χ2n) is 8.78. The summed E-state index contributed by atoms with van der Waals surface area (Å²) in [4.78, 5) is 40.1. The molecule has 10 heteroatoms. The summed E-state index contributed by atoms with van der Waals surface area (Å²) >= 11 is 0. The summed E-state index contributed by atoms with van der Waals surface area (Å²) in [6.45, 7) is 2.00. The van der Waals surface area contributed by atoms with E-state index in [1.165, 1.54) is 4.90 Å². The quantitative estimate of drug-likeness (QED) is 0.586. The monoisotopic (exact) mass is 432 g/mol. The minimum absolute atomic E-state index is 0.0333. The lowest BCUT2D eigenvalue weighted by atomic mass is 10.0. The summed E-state index contributed by atoms with van der Waals surface area (Å²) < 4.78 is 24.5. The molecule has 0 saturated carbocycles. The number of hydrogen-bond acceptors (Lipinski definition) is 7. The van der Waals surface area contributed by atoms with Gasteiger partial charge in [-0.25, -0.2) is 8.42 Å². The molecule has 30 heavy (non-hydrogen) atoms. The molecule has 1 unspecified atom stereocenters. The fraction of sp³-hybridized carbons (Fsp3) is 0.550. The molecule has 0 aliphatic carbocycles. The molecule has 0 radical (unpaired) electrons. The molecule has 4 aliphatic rings. The highest BCUT2D eigenvalue weighted by molar-refractivity contribution is 7.92. The number of fused-ring (bicyclic) bond motifs is 2. The van der Waals surface area contributed by atoms with Gasteiger partial charge in [0.05, 0.1) is 11.0 Å². The van der Waals surface area contributed by atoms with Crippen LogP contribution in [-0.4, -0.2) is 72.1 Å². The van der Waals surface area contributed by atoms with Crippen molar-refractivity contribution in [3.05, 3.63) is 34.9 Å². The van der Waals surface area contributed by atoms with Gasteiger partial charge in [-0.2, -0.15) is 0 Å². The highest BCUT2D eigenvalue weighted by atomic mass is 32.2. The number of carbonyl (C=O) groups excluding carboxylic acids is 3. The van der Waals surface area contributed by atoms with E-state index in [0.29, 0.717) is 38.2 Å². The normalized spacial score (nSPS) is 33.0. The van der Waals surface area contributed by atoms with E-state index < -0.39 is 27.0 Å². The van der Waals surface area contributed by atoms with E-state index in [2.05, 4.69) is 10.2 Å². The highest BCUT2D eigenvalue weighted by Gasteiger charge is 2.50. The topological polar surface area (TPSA) is 130 Å². The van der Waals surface area contributed by atoms with Gasteiger partial charge in [-0.05, 0) is 23.6 Å². The number of amides is 3. The summed E-state index contributed by atoms with van der Waals surface area (Å²) in [5.74, 6) is -0.897. The van der Waals surface area contributed by atoms with E-state index in [9.17, 15) is 22.8 Å². The van der Waals surface area contributed by atoms with Crippen LogP contribution in [0.4, 0.5) is 0 Å². The molecule has 3 amide bonds. The molecule has 1 aromatic carbocycles. The average Bonchev–Trinajstić information content (AvgIpc) is 3.30. The molecule has 5 rings (SSSR count). The van der Waals surface area contributed by atoms with E-state index in [1.54, 1.807) is 0 Å². The van der Waals surface area contributed by atoms with Crippen molar-refractivity contribution >= 4 is 27.6 Å². The molecule has 3 fully saturated rings. The Hall–Kier alpha value is -2.30. The molecular formula is C20H24N4O5S. The summed E-state index contributed by atoms with van der Waals surface area (Å²) in [5, 5.41) is 1.91. The van der Waals surface area contributed by atoms with Crippen LogP contribution in [0.2, 0.25) is 0 Å². The van der Waals surface area contributed by atoms with Crippen LogP contribution in [-0.2, 0) is 32.5 Å². The van der Waals surface area contributed by atoms with Crippen molar-refractivity contribution < 1.29 is 22.8 Å².